The molecule has 1 heterocycles. The predicted octanol–water partition coefficient (Wildman–Crippen LogP) is 5.74. The molecule has 0 aromatic heterocycles. The number of nitrogens with one attached hydrogen (secondary N) is 1. The number of hydrogen-bond donors (Lipinski definition) is 3. The lowest BCUT2D eigenvalue weighted by atomic mass is 10.0. The number of aliphatic hydroxyl groups is 1. The second kappa shape index (κ2) is 23.2. The van der Waals surface area contributed by atoms with Gasteiger partial charge in [0.15, 0.2) is 0 Å². The van der Waals surface area contributed by atoms with Crippen LogP contribution in [-0.4, -0.2) is 65.6 Å². The highest BCUT2D eigenvalue weighted by atomic mass is 16.5. The number of carboxylic acids is 1. The summed E-state index contributed by atoms with van der Waals surface area (Å²) in [6.45, 7) is 11.4. The number of carbonyl (C=O) groups excluding carboxylic acids is 1. The average molecular weight is 501 g/mol. The van der Waals surface area contributed by atoms with Crippen molar-refractivity contribution in [1.82, 2.24) is 10.2 Å². The van der Waals surface area contributed by atoms with Gasteiger partial charge in [0.25, 0.3) is 0 Å². The summed E-state index contributed by atoms with van der Waals surface area (Å²) < 4.78 is 5.40. The molecule has 2 unspecified atom stereocenters. The normalized spacial score (nSPS) is 15.8. The first kappa shape index (κ1) is 33.8. The molecule has 7 heteroatoms. The van der Waals surface area contributed by atoms with E-state index in [-0.39, 0.29) is 12.1 Å². The van der Waals surface area contributed by atoms with Crippen LogP contribution in [0.4, 0.5) is 0 Å². The van der Waals surface area contributed by atoms with Gasteiger partial charge in [-0.3, -0.25) is 9.69 Å². The Balaban J connectivity index is 0.00000170. The Labute approximate surface area is 215 Å². The van der Waals surface area contributed by atoms with Crippen LogP contribution < -0.4 is 5.32 Å². The molecule has 35 heavy (non-hydrogen) atoms. The molecule has 0 spiro atoms. The molecule has 1 saturated heterocycles. The van der Waals surface area contributed by atoms with E-state index in [0.717, 1.165) is 45.1 Å². The van der Waals surface area contributed by atoms with Gasteiger partial charge in [-0.2, -0.15) is 0 Å². The fraction of sp³-hybridized carbons (Fsp3) is 0.929. The van der Waals surface area contributed by atoms with E-state index in [4.69, 9.17) is 14.9 Å². The lowest BCUT2D eigenvalue weighted by Gasteiger charge is -2.34. The summed E-state index contributed by atoms with van der Waals surface area (Å²) >= 11 is 0. The summed E-state index contributed by atoms with van der Waals surface area (Å²) in [7, 11) is 0. The summed E-state index contributed by atoms with van der Waals surface area (Å²) in [5.74, 6) is -0.0977. The van der Waals surface area contributed by atoms with Gasteiger partial charge in [0, 0.05) is 19.5 Å². The molecule has 2 atom stereocenters. The Morgan fingerprint density at radius 2 is 1.26 bits per heavy atom. The zero-order chi connectivity index (χ0) is 26.3. The number of ether oxygens (including phenoxy) is 1. The first-order chi connectivity index (χ1) is 16.8. The topological polar surface area (TPSA) is 99.1 Å². The maximum atomic E-state index is 12.2. The smallest absolute Gasteiger partial charge is 0.332 e. The van der Waals surface area contributed by atoms with E-state index >= 15 is 0 Å². The lowest BCUT2D eigenvalue weighted by molar-refractivity contribution is -0.145. The van der Waals surface area contributed by atoms with Gasteiger partial charge in [-0.15, -0.1) is 0 Å². The Morgan fingerprint density at radius 3 is 1.66 bits per heavy atom. The van der Waals surface area contributed by atoms with Crippen LogP contribution in [0.3, 0.4) is 0 Å². The highest BCUT2D eigenvalue weighted by Gasteiger charge is 2.20. The SMILES string of the molecule is CC(O)C(=O)O.CCC(NC(=O)CCCCCCCCCCCCCCC(C)C)N1CCOCC1. The average Bonchev–Trinajstić information content (AvgIpc) is 2.83. The van der Waals surface area contributed by atoms with E-state index in [9.17, 15) is 9.59 Å². The Bertz CT molecular complexity index is 508. The summed E-state index contributed by atoms with van der Waals surface area (Å²) in [5.41, 5.74) is 0. The number of carbonyl (C=O) groups is 2. The summed E-state index contributed by atoms with van der Waals surface area (Å²) in [6.07, 6.45) is 18.1. The molecule has 0 aliphatic carbocycles. The molecule has 0 radical (unpaired) electrons. The van der Waals surface area contributed by atoms with Crippen molar-refractivity contribution in [2.75, 3.05) is 26.3 Å². The highest BCUT2D eigenvalue weighted by Crippen LogP contribution is 2.14. The Kier molecular flexibility index (Phi) is 22.4. The van der Waals surface area contributed by atoms with Crippen LogP contribution in [0, 0.1) is 5.92 Å². The summed E-state index contributed by atoms with van der Waals surface area (Å²) in [5, 5.41) is 19.0. The maximum Gasteiger partial charge on any atom is 0.332 e. The molecule has 7 nitrogen and oxygen atoms in total. The number of nitrogens with zero attached hydrogens (tertiary/aromatic N) is 1. The second-order valence-corrected chi connectivity index (χ2v) is 10.3. The number of morpholine rings is 1. The summed E-state index contributed by atoms with van der Waals surface area (Å²) in [4.78, 5) is 24.0. The third kappa shape index (κ3) is 21.8. The summed E-state index contributed by atoms with van der Waals surface area (Å²) in [6, 6.07) is 0. The van der Waals surface area contributed by atoms with Gasteiger partial charge in [-0.05, 0) is 25.7 Å². The van der Waals surface area contributed by atoms with Crippen molar-refractivity contribution in [3.8, 4) is 0 Å². The van der Waals surface area contributed by atoms with Gasteiger partial charge in [0.1, 0.15) is 6.10 Å². The number of rotatable bonds is 19. The number of aliphatic hydroxyl groups excluding tert-OH is 1. The molecule has 0 aromatic rings. The molecule has 1 fully saturated rings. The van der Waals surface area contributed by atoms with Crippen LogP contribution in [0.25, 0.3) is 0 Å². The minimum Gasteiger partial charge on any atom is -0.479 e. The van der Waals surface area contributed by atoms with E-state index in [2.05, 4.69) is 31.0 Å². The molecule has 0 aromatic carbocycles. The molecule has 1 rings (SSSR count). The molecule has 1 aliphatic heterocycles. The van der Waals surface area contributed by atoms with Gasteiger partial charge in [0.05, 0.1) is 19.4 Å². The molecular weight excluding hydrogens is 444 g/mol. The van der Waals surface area contributed by atoms with E-state index < -0.39 is 12.1 Å². The molecule has 1 aliphatic rings. The van der Waals surface area contributed by atoms with Crippen molar-refractivity contribution in [2.24, 2.45) is 5.92 Å². The number of aliphatic carboxylic acids is 1. The van der Waals surface area contributed by atoms with Crippen molar-refractivity contribution < 1.29 is 24.5 Å². The fourth-order valence-corrected chi connectivity index (χ4v) is 4.20. The van der Waals surface area contributed by atoms with Crippen molar-refractivity contribution in [3.63, 3.8) is 0 Å². The van der Waals surface area contributed by atoms with Crippen LogP contribution >= 0.6 is 0 Å². The minimum atomic E-state index is -1.23. The van der Waals surface area contributed by atoms with Crippen molar-refractivity contribution >= 4 is 11.9 Å². The van der Waals surface area contributed by atoms with Gasteiger partial charge in [-0.25, -0.2) is 4.79 Å². The van der Waals surface area contributed by atoms with Crippen molar-refractivity contribution in [3.05, 3.63) is 0 Å². The maximum absolute atomic E-state index is 12.2. The van der Waals surface area contributed by atoms with Crippen LogP contribution in [0.15, 0.2) is 0 Å². The predicted molar refractivity (Wildman–Crippen MR) is 143 cm³/mol. The van der Waals surface area contributed by atoms with Crippen molar-refractivity contribution in [1.29, 1.82) is 0 Å². The van der Waals surface area contributed by atoms with Gasteiger partial charge < -0.3 is 20.3 Å². The highest BCUT2D eigenvalue weighted by molar-refractivity contribution is 5.76. The zero-order valence-electron chi connectivity index (χ0n) is 23.2. The van der Waals surface area contributed by atoms with Crippen LogP contribution in [0.2, 0.25) is 0 Å². The van der Waals surface area contributed by atoms with Crippen LogP contribution in [-0.2, 0) is 14.3 Å². The molecule has 3 N–H and O–H groups in total. The van der Waals surface area contributed by atoms with E-state index in [1.807, 2.05) is 0 Å². The monoisotopic (exact) mass is 500 g/mol. The molecule has 0 saturated carbocycles. The van der Waals surface area contributed by atoms with Crippen LogP contribution in [0.1, 0.15) is 124 Å². The first-order valence-corrected chi connectivity index (χ1v) is 14.3. The number of hydrogen-bond acceptors (Lipinski definition) is 5. The molecular formula is C28H56N2O5. The molecule has 1 amide bonds. The molecule has 0 bridgehead atoms. The lowest BCUT2D eigenvalue weighted by Crippen LogP contribution is -2.51. The van der Waals surface area contributed by atoms with Gasteiger partial charge >= 0.3 is 5.97 Å². The van der Waals surface area contributed by atoms with E-state index in [1.54, 1.807) is 0 Å². The first-order valence-electron chi connectivity index (χ1n) is 14.3. The van der Waals surface area contributed by atoms with E-state index in [1.165, 1.54) is 84.0 Å². The number of carboxylic acid groups (broad SMARTS) is 1. The second-order valence-electron chi connectivity index (χ2n) is 10.3. The number of amides is 1. The van der Waals surface area contributed by atoms with Gasteiger partial charge in [-0.1, -0.05) is 97.8 Å². The van der Waals surface area contributed by atoms with Gasteiger partial charge in [0.2, 0.25) is 5.91 Å². The minimum absolute atomic E-state index is 0.182. The van der Waals surface area contributed by atoms with Crippen molar-refractivity contribution in [2.45, 2.75) is 136 Å². The zero-order valence-corrected chi connectivity index (χ0v) is 23.2. The Hall–Kier alpha value is -1.18. The Morgan fingerprint density at radius 1 is 0.829 bits per heavy atom. The van der Waals surface area contributed by atoms with Crippen LogP contribution in [0.5, 0.6) is 0 Å². The van der Waals surface area contributed by atoms with E-state index in [0.29, 0.717) is 6.42 Å². The number of unbranched alkanes of at least 4 members (excludes halogenated alkanes) is 11. The third-order valence-electron chi connectivity index (χ3n) is 6.49. The molecule has 208 valence electrons. The standard InChI is InChI=1S/C25H50N2O2.C3H6O3/c1-4-24(27-19-21-29-22-20-27)26-25(28)18-16-14-12-10-8-6-5-7-9-11-13-15-17-23(2)3;1-2(4)3(5)6/h23-24H,4-22H2,1-3H3,(H,26,28);2,4H,1H3,(H,5,6). The fourth-order valence-electron chi connectivity index (χ4n) is 4.20. The largest absolute Gasteiger partial charge is 0.479 e. The third-order valence-corrected chi connectivity index (χ3v) is 6.49. The quantitative estimate of drug-likeness (QED) is 0.196.